The van der Waals surface area contributed by atoms with Gasteiger partial charge in [0, 0.05) is 41.7 Å². The third-order valence-electron chi connectivity index (χ3n) is 6.98. The van der Waals surface area contributed by atoms with Gasteiger partial charge in [-0.15, -0.1) is 0 Å². The van der Waals surface area contributed by atoms with Crippen molar-refractivity contribution in [1.29, 1.82) is 5.26 Å². The fourth-order valence-electron chi connectivity index (χ4n) is 4.87. The molecule has 1 saturated heterocycles. The number of aromatic nitrogens is 2. The van der Waals surface area contributed by atoms with Crippen molar-refractivity contribution in [3.8, 4) is 28.7 Å². The van der Waals surface area contributed by atoms with Crippen LogP contribution in [0.3, 0.4) is 0 Å². The molecule has 1 atom stereocenters. The van der Waals surface area contributed by atoms with Gasteiger partial charge in [-0.1, -0.05) is 6.07 Å². The number of ether oxygens (including phenoxy) is 1. The van der Waals surface area contributed by atoms with Crippen molar-refractivity contribution in [2.75, 3.05) is 25.0 Å². The molecule has 2 aromatic carbocycles. The van der Waals surface area contributed by atoms with E-state index in [1.165, 1.54) is 6.07 Å². The first-order valence-electron chi connectivity index (χ1n) is 11.6. The quantitative estimate of drug-likeness (QED) is 0.609. The van der Waals surface area contributed by atoms with Gasteiger partial charge in [0.15, 0.2) is 0 Å². The molecule has 6 nitrogen and oxygen atoms in total. The van der Waals surface area contributed by atoms with Crippen molar-refractivity contribution in [2.24, 2.45) is 0 Å². The Morgan fingerprint density at radius 3 is 2.79 bits per heavy atom. The number of halogens is 1. The molecule has 1 aromatic heterocycles. The van der Waals surface area contributed by atoms with Crippen LogP contribution >= 0.6 is 0 Å². The molecule has 3 aromatic rings. The summed E-state index contributed by atoms with van der Waals surface area (Å²) in [6.45, 7) is 4.20. The van der Waals surface area contributed by atoms with Crippen molar-refractivity contribution in [1.82, 2.24) is 15.1 Å². The molecule has 3 heterocycles. The van der Waals surface area contributed by atoms with Crippen LogP contribution in [0.5, 0.6) is 11.5 Å². The van der Waals surface area contributed by atoms with E-state index in [1.54, 1.807) is 12.1 Å². The minimum absolute atomic E-state index is 0.0796. The first-order valence-corrected chi connectivity index (χ1v) is 11.6. The number of anilines is 1. The number of nitriles is 1. The number of hydrogen-bond acceptors (Lipinski definition) is 5. The van der Waals surface area contributed by atoms with Gasteiger partial charge >= 0.3 is 0 Å². The number of piperidine rings is 1. The number of nitrogens with one attached hydrogen (secondary N) is 1. The van der Waals surface area contributed by atoms with E-state index in [2.05, 4.69) is 52.3 Å². The molecule has 7 heteroatoms. The second kappa shape index (κ2) is 8.87. The molecular weight excluding hydrogens is 417 g/mol. The molecule has 170 valence electrons. The van der Waals surface area contributed by atoms with Crippen LogP contribution in [-0.2, 0) is 6.42 Å². The maximum Gasteiger partial charge on any atom is 0.148 e. The molecule has 0 bridgehead atoms. The second-order valence-electron chi connectivity index (χ2n) is 8.96. The number of benzene rings is 2. The van der Waals surface area contributed by atoms with Gasteiger partial charge in [-0.05, 0) is 70.0 Å². The van der Waals surface area contributed by atoms with Crippen LogP contribution in [0, 0.1) is 17.1 Å². The van der Waals surface area contributed by atoms with Crippen LogP contribution in [0.4, 0.5) is 10.1 Å². The molecule has 2 aliphatic heterocycles. The van der Waals surface area contributed by atoms with Gasteiger partial charge in [-0.25, -0.2) is 4.39 Å². The summed E-state index contributed by atoms with van der Waals surface area (Å²) in [7, 11) is 2.09. The highest BCUT2D eigenvalue weighted by Crippen LogP contribution is 2.45. The molecule has 1 unspecified atom stereocenters. The molecule has 5 rings (SSSR count). The molecule has 0 amide bonds. The van der Waals surface area contributed by atoms with E-state index in [-0.39, 0.29) is 11.3 Å². The van der Waals surface area contributed by atoms with Crippen molar-refractivity contribution < 1.29 is 9.13 Å². The molecule has 33 heavy (non-hydrogen) atoms. The molecule has 0 spiro atoms. The predicted molar refractivity (Wildman–Crippen MR) is 126 cm³/mol. The highest BCUT2D eigenvalue weighted by molar-refractivity contribution is 5.78. The summed E-state index contributed by atoms with van der Waals surface area (Å²) in [5, 5.41) is 17.6. The van der Waals surface area contributed by atoms with Crippen molar-refractivity contribution >= 4 is 5.69 Å². The second-order valence-corrected chi connectivity index (χ2v) is 8.96. The Morgan fingerprint density at radius 1 is 1.18 bits per heavy atom. The molecule has 0 radical (unpaired) electrons. The lowest BCUT2D eigenvalue weighted by molar-refractivity contribution is 0.343. The summed E-state index contributed by atoms with van der Waals surface area (Å²) in [6.07, 6.45) is 7.90. The zero-order valence-corrected chi connectivity index (χ0v) is 19.0. The minimum atomic E-state index is -0.578. The third kappa shape index (κ3) is 3.96. The van der Waals surface area contributed by atoms with Crippen LogP contribution in [-0.4, -0.2) is 36.0 Å². The van der Waals surface area contributed by atoms with E-state index in [0.29, 0.717) is 17.8 Å². The zero-order chi connectivity index (χ0) is 22.9. The van der Waals surface area contributed by atoms with Crippen LogP contribution in [0.25, 0.3) is 11.1 Å². The lowest BCUT2D eigenvalue weighted by Gasteiger charge is -2.35. The lowest BCUT2D eigenvalue weighted by atomic mass is 9.92. The smallest absolute Gasteiger partial charge is 0.148 e. The van der Waals surface area contributed by atoms with Crippen molar-refractivity contribution in [3.05, 3.63) is 59.7 Å². The Kier molecular flexibility index (Phi) is 5.77. The SMILES string of the molecule is CC1CCc2c(ccc(-c3cnn(C4CCNCC4)c3)c2Oc2cccc(F)c2C#N)N1C. The van der Waals surface area contributed by atoms with Crippen molar-refractivity contribution in [3.63, 3.8) is 0 Å². The summed E-state index contributed by atoms with van der Waals surface area (Å²) in [5.41, 5.74) is 3.97. The van der Waals surface area contributed by atoms with E-state index in [4.69, 9.17) is 4.74 Å². The Labute approximate surface area is 193 Å². The molecule has 1 fully saturated rings. The molecular formula is C26H28FN5O. The number of nitrogens with zero attached hydrogens (tertiary/aromatic N) is 4. The van der Waals surface area contributed by atoms with Gasteiger partial charge in [-0.3, -0.25) is 4.68 Å². The van der Waals surface area contributed by atoms with E-state index < -0.39 is 5.82 Å². The molecule has 1 N–H and O–H groups in total. The van der Waals surface area contributed by atoms with Gasteiger partial charge in [0.25, 0.3) is 0 Å². The standard InChI is InChI=1S/C26H28FN5O/c1-17-6-7-21-24(31(17)2)9-8-20(18-15-30-32(16-18)19-10-12-29-13-11-19)26(21)33-25-5-3-4-23(27)22(25)14-28/h3-5,8-9,15-17,19,29H,6-7,10-13H2,1-2H3. The first kappa shape index (κ1) is 21.5. The Balaban J connectivity index is 1.61. The fourth-order valence-corrected chi connectivity index (χ4v) is 4.87. The normalized spacial score (nSPS) is 18.6. The van der Waals surface area contributed by atoms with Gasteiger partial charge in [-0.2, -0.15) is 10.4 Å². The highest BCUT2D eigenvalue weighted by atomic mass is 19.1. The topological polar surface area (TPSA) is 66.1 Å². The number of fused-ring (bicyclic) bond motifs is 1. The summed E-state index contributed by atoms with van der Waals surface area (Å²) < 4.78 is 22.7. The van der Waals surface area contributed by atoms with Crippen LogP contribution in [0.1, 0.15) is 43.4 Å². The fraction of sp³-hybridized carbons (Fsp3) is 0.385. The molecule has 2 aliphatic rings. The highest BCUT2D eigenvalue weighted by Gasteiger charge is 2.27. The average molecular weight is 446 g/mol. The average Bonchev–Trinajstić information content (AvgIpc) is 3.32. The third-order valence-corrected chi connectivity index (χ3v) is 6.98. The Morgan fingerprint density at radius 2 is 2.00 bits per heavy atom. The van der Waals surface area contributed by atoms with Crippen LogP contribution in [0.2, 0.25) is 0 Å². The molecule has 0 saturated carbocycles. The van der Waals surface area contributed by atoms with Crippen molar-refractivity contribution in [2.45, 2.75) is 44.7 Å². The van der Waals surface area contributed by atoms with Gasteiger partial charge in [0.1, 0.15) is 28.9 Å². The summed E-state index contributed by atoms with van der Waals surface area (Å²) >= 11 is 0. The van der Waals surface area contributed by atoms with E-state index in [0.717, 1.165) is 61.2 Å². The zero-order valence-electron chi connectivity index (χ0n) is 19.0. The number of hydrogen-bond donors (Lipinski definition) is 1. The number of rotatable bonds is 4. The van der Waals surface area contributed by atoms with Gasteiger partial charge in [0.05, 0.1) is 12.2 Å². The lowest BCUT2D eigenvalue weighted by Crippen LogP contribution is -2.33. The maximum atomic E-state index is 14.3. The maximum absolute atomic E-state index is 14.3. The Bertz CT molecular complexity index is 1210. The van der Waals surface area contributed by atoms with Crippen LogP contribution < -0.4 is 15.0 Å². The summed E-state index contributed by atoms with van der Waals surface area (Å²) in [4.78, 5) is 2.25. The van der Waals surface area contributed by atoms with E-state index in [1.807, 2.05) is 12.3 Å². The van der Waals surface area contributed by atoms with E-state index in [9.17, 15) is 9.65 Å². The van der Waals surface area contributed by atoms with E-state index >= 15 is 0 Å². The summed E-state index contributed by atoms with van der Waals surface area (Å²) in [5.74, 6) is 0.336. The largest absolute Gasteiger partial charge is 0.455 e. The predicted octanol–water partition coefficient (Wildman–Crippen LogP) is 5.05. The molecule has 0 aliphatic carbocycles. The van der Waals surface area contributed by atoms with Gasteiger partial charge < -0.3 is 15.0 Å². The Hall–Kier alpha value is -3.37. The monoisotopic (exact) mass is 445 g/mol. The van der Waals surface area contributed by atoms with Gasteiger partial charge in [0.2, 0.25) is 0 Å². The van der Waals surface area contributed by atoms with Crippen LogP contribution in [0.15, 0.2) is 42.7 Å². The first-order chi connectivity index (χ1) is 16.1. The minimum Gasteiger partial charge on any atom is -0.455 e. The summed E-state index contributed by atoms with van der Waals surface area (Å²) in [6, 6.07) is 11.4.